The zero-order valence-electron chi connectivity index (χ0n) is 17.7. The van der Waals surface area contributed by atoms with Crippen LogP contribution < -0.4 is 10.7 Å². The summed E-state index contributed by atoms with van der Waals surface area (Å²) in [5.74, 6) is 0. The maximum Gasteiger partial charge on any atom is 0.213 e. The van der Waals surface area contributed by atoms with Crippen molar-refractivity contribution in [3.05, 3.63) is 120 Å². The fourth-order valence-corrected chi connectivity index (χ4v) is 3.90. The molecule has 0 radical (unpaired) electrons. The van der Waals surface area contributed by atoms with E-state index < -0.39 is 0 Å². The molecule has 2 aromatic heterocycles. The quantitative estimate of drug-likeness (QED) is 0.383. The summed E-state index contributed by atoms with van der Waals surface area (Å²) in [6.45, 7) is 0.532. The molecule has 0 bridgehead atoms. The van der Waals surface area contributed by atoms with E-state index in [4.69, 9.17) is 10.7 Å². The summed E-state index contributed by atoms with van der Waals surface area (Å²) in [7, 11) is 0. The second kappa shape index (κ2) is 8.96. The number of pyridine rings is 2. The average molecular weight is 415 g/mol. The van der Waals surface area contributed by atoms with Gasteiger partial charge >= 0.3 is 0 Å². The molecule has 5 rings (SSSR count). The van der Waals surface area contributed by atoms with Crippen LogP contribution in [0.5, 0.6) is 0 Å². The maximum atomic E-state index is 5.80. The number of aromatic nitrogens is 2. The SMILES string of the molecule is NCc1ccc(-c2nc3cc[nH+]c(/C=C/c4ccccc4)c3cc2-c2ccccc2)cc1. The molecule has 0 amide bonds. The minimum atomic E-state index is 0.532. The first-order chi connectivity index (χ1) is 15.8. The number of fused-ring (bicyclic) bond motifs is 1. The molecule has 0 saturated heterocycles. The van der Waals surface area contributed by atoms with Gasteiger partial charge in [-0.2, -0.15) is 0 Å². The van der Waals surface area contributed by atoms with Gasteiger partial charge in [0.25, 0.3) is 0 Å². The molecule has 3 heteroatoms. The van der Waals surface area contributed by atoms with Crippen LogP contribution in [0.1, 0.15) is 16.8 Å². The first-order valence-electron chi connectivity index (χ1n) is 10.8. The highest BCUT2D eigenvalue weighted by Crippen LogP contribution is 2.34. The molecule has 3 aromatic carbocycles. The van der Waals surface area contributed by atoms with Gasteiger partial charge in [0.1, 0.15) is 0 Å². The Labute approximate surface area is 187 Å². The Hall–Kier alpha value is -4.08. The van der Waals surface area contributed by atoms with Gasteiger partial charge < -0.3 is 5.73 Å². The van der Waals surface area contributed by atoms with Crippen LogP contribution in [-0.2, 0) is 6.54 Å². The van der Waals surface area contributed by atoms with Crippen molar-refractivity contribution in [2.24, 2.45) is 5.73 Å². The third-order valence-electron chi connectivity index (χ3n) is 5.61. The number of nitrogens with zero attached hydrogens (tertiary/aromatic N) is 1. The van der Waals surface area contributed by atoms with Crippen molar-refractivity contribution < 1.29 is 4.98 Å². The van der Waals surface area contributed by atoms with Crippen molar-refractivity contribution in [3.8, 4) is 22.4 Å². The van der Waals surface area contributed by atoms with Crippen LogP contribution in [0.4, 0.5) is 0 Å². The molecule has 3 nitrogen and oxygen atoms in total. The van der Waals surface area contributed by atoms with E-state index in [1.54, 1.807) is 0 Å². The maximum absolute atomic E-state index is 5.80. The zero-order valence-corrected chi connectivity index (χ0v) is 17.7. The molecule has 2 heterocycles. The molecular formula is C29H24N3+. The minimum Gasteiger partial charge on any atom is -0.326 e. The Bertz CT molecular complexity index is 1370. The average Bonchev–Trinajstić information content (AvgIpc) is 2.88. The van der Waals surface area contributed by atoms with Crippen LogP contribution in [0, 0.1) is 0 Å². The molecule has 154 valence electrons. The van der Waals surface area contributed by atoms with Crippen LogP contribution in [0.3, 0.4) is 0 Å². The lowest BCUT2D eigenvalue weighted by Gasteiger charge is -2.12. The summed E-state index contributed by atoms with van der Waals surface area (Å²) in [4.78, 5) is 8.50. The summed E-state index contributed by atoms with van der Waals surface area (Å²) in [6, 6.07) is 33.4. The van der Waals surface area contributed by atoms with Crippen molar-refractivity contribution in [2.75, 3.05) is 0 Å². The number of H-pyrrole nitrogens is 1. The highest BCUT2D eigenvalue weighted by Gasteiger charge is 2.15. The van der Waals surface area contributed by atoms with E-state index in [1.807, 2.05) is 36.5 Å². The van der Waals surface area contributed by atoms with Gasteiger partial charge in [0.15, 0.2) is 6.20 Å². The zero-order chi connectivity index (χ0) is 21.8. The summed E-state index contributed by atoms with van der Waals surface area (Å²) < 4.78 is 0. The highest BCUT2D eigenvalue weighted by atomic mass is 14.7. The molecule has 0 aliphatic rings. The number of nitrogens with one attached hydrogen (secondary N) is 1. The molecule has 0 atom stereocenters. The minimum absolute atomic E-state index is 0.532. The largest absolute Gasteiger partial charge is 0.326 e. The number of rotatable bonds is 5. The Balaban J connectivity index is 1.69. The van der Waals surface area contributed by atoms with Crippen molar-refractivity contribution in [1.29, 1.82) is 0 Å². The van der Waals surface area contributed by atoms with Crippen molar-refractivity contribution in [2.45, 2.75) is 6.54 Å². The lowest BCUT2D eigenvalue weighted by Crippen LogP contribution is -2.07. The monoisotopic (exact) mass is 414 g/mol. The Kier molecular flexibility index (Phi) is 5.56. The summed E-state index contributed by atoms with van der Waals surface area (Å²) in [5, 5.41) is 1.08. The molecule has 0 aliphatic carbocycles. The molecule has 0 saturated carbocycles. The Morgan fingerprint density at radius 3 is 2.19 bits per heavy atom. The van der Waals surface area contributed by atoms with Crippen molar-refractivity contribution >= 4 is 23.1 Å². The summed E-state index contributed by atoms with van der Waals surface area (Å²) in [6.07, 6.45) is 6.18. The van der Waals surface area contributed by atoms with E-state index in [-0.39, 0.29) is 0 Å². The molecule has 0 unspecified atom stereocenters. The third-order valence-corrected chi connectivity index (χ3v) is 5.61. The number of aromatic amines is 1. The van der Waals surface area contributed by atoms with Crippen LogP contribution in [-0.4, -0.2) is 4.98 Å². The Morgan fingerprint density at radius 1 is 0.750 bits per heavy atom. The first kappa shape index (κ1) is 19.9. The number of hydrogen-bond acceptors (Lipinski definition) is 2. The normalized spacial score (nSPS) is 11.3. The van der Waals surface area contributed by atoms with E-state index in [9.17, 15) is 0 Å². The summed E-state index contributed by atoms with van der Waals surface area (Å²) >= 11 is 0. The van der Waals surface area contributed by atoms with Gasteiger partial charge in [0, 0.05) is 29.8 Å². The lowest BCUT2D eigenvalue weighted by atomic mass is 9.96. The van der Waals surface area contributed by atoms with Gasteiger partial charge in [-0.05, 0) is 28.8 Å². The number of nitrogens with two attached hydrogens (primary N) is 1. The molecule has 0 aliphatic heterocycles. The topological polar surface area (TPSA) is 53.0 Å². The van der Waals surface area contributed by atoms with Crippen molar-refractivity contribution in [3.63, 3.8) is 0 Å². The highest BCUT2D eigenvalue weighted by molar-refractivity contribution is 5.95. The smallest absolute Gasteiger partial charge is 0.213 e. The second-order valence-electron chi connectivity index (χ2n) is 7.72. The fourth-order valence-electron chi connectivity index (χ4n) is 3.90. The van der Waals surface area contributed by atoms with Crippen LogP contribution >= 0.6 is 0 Å². The van der Waals surface area contributed by atoms with Gasteiger partial charge in [-0.3, -0.25) is 0 Å². The second-order valence-corrected chi connectivity index (χ2v) is 7.72. The molecule has 32 heavy (non-hydrogen) atoms. The molecule has 0 fully saturated rings. The van der Waals surface area contributed by atoms with Gasteiger partial charge in [0.05, 0.1) is 16.6 Å². The van der Waals surface area contributed by atoms with Crippen molar-refractivity contribution in [1.82, 2.24) is 4.98 Å². The third kappa shape index (κ3) is 4.07. The molecule has 0 spiro atoms. The Morgan fingerprint density at radius 2 is 1.47 bits per heavy atom. The number of benzene rings is 3. The first-order valence-corrected chi connectivity index (χ1v) is 10.8. The fraction of sp³-hybridized carbons (Fsp3) is 0.0345. The van der Waals surface area contributed by atoms with Gasteiger partial charge in [-0.1, -0.05) is 84.9 Å². The molecule has 5 aromatic rings. The summed E-state index contributed by atoms with van der Waals surface area (Å²) in [5.41, 5.74) is 14.3. The lowest BCUT2D eigenvalue weighted by molar-refractivity contribution is -0.378. The standard InChI is InChI=1S/C29H23N3/c30-20-22-11-14-24(15-12-22)29-25(23-9-5-2-6-10-23)19-26-27(31-18-17-28(26)32-29)16-13-21-7-3-1-4-8-21/h1-19H,20,30H2/p+1/b16-13+. The van der Waals surface area contributed by atoms with Crippen LogP contribution in [0.25, 0.3) is 45.4 Å². The van der Waals surface area contributed by atoms with E-state index in [0.29, 0.717) is 6.54 Å². The molecule has 3 N–H and O–H groups in total. The van der Waals surface area contributed by atoms with Gasteiger partial charge in [-0.15, -0.1) is 0 Å². The van der Waals surface area contributed by atoms with Gasteiger partial charge in [-0.25, -0.2) is 9.97 Å². The van der Waals surface area contributed by atoms with E-state index >= 15 is 0 Å². The van der Waals surface area contributed by atoms with Crippen LogP contribution in [0.15, 0.2) is 103 Å². The van der Waals surface area contributed by atoms with Crippen LogP contribution in [0.2, 0.25) is 0 Å². The van der Waals surface area contributed by atoms with Gasteiger partial charge in [0.2, 0.25) is 5.69 Å². The number of hydrogen-bond donors (Lipinski definition) is 1. The predicted molar refractivity (Wildman–Crippen MR) is 132 cm³/mol. The van der Waals surface area contributed by atoms with E-state index in [1.165, 1.54) is 0 Å². The van der Waals surface area contributed by atoms with E-state index in [0.717, 1.165) is 50.1 Å². The van der Waals surface area contributed by atoms with E-state index in [2.05, 4.69) is 83.9 Å². The predicted octanol–water partition coefficient (Wildman–Crippen LogP) is 6.01. The molecular weight excluding hydrogens is 390 g/mol.